The maximum absolute atomic E-state index is 12.3. The molecule has 20 heavy (non-hydrogen) atoms. The minimum Gasteiger partial charge on any atom is -0.329 e. The molecule has 0 aromatic carbocycles. The topological polar surface area (TPSA) is 29.3 Å². The van der Waals surface area contributed by atoms with Crippen LogP contribution >= 0.6 is 0 Å². The summed E-state index contributed by atoms with van der Waals surface area (Å²) in [5.41, 5.74) is 5.67. The van der Waals surface area contributed by atoms with Gasteiger partial charge in [-0.05, 0) is 51.5 Å². The highest BCUT2D eigenvalue weighted by atomic mass is 19.4. The summed E-state index contributed by atoms with van der Waals surface area (Å²) in [4.78, 5) is 2.44. The van der Waals surface area contributed by atoms with Gasteiger partial charge in [0.1, 0.15) is 0 Å². The largest absolute Gasteiger partial charge is 0.389 e. The minimum absolute atomic E-state index is 0.186. The zero-order chi connectivity index (χ0) is 14.8. The van der Waals surface area contributed by atoms with Gasteiger partial charge in [-0.15, -0.1) is 0 Å². The Morgan fingerprint density at radius 1 is 1.10 bits per heavy atom. The van der Waals surface area contributed by atoms with Crippen molar-refractivity contribution in [3.05, 3.63) is 0 Å². The van der Waals surface area contributed by atoms with Crippen LogP contribution in [0.3, 0.4) is 0 Å². The summed E-state index contributed by atoms with van der Waals surface area (Å²) in [5, 5.41) is 0. The number of nitrogens with two attached hydrogens (primary N) is 1. The lowest BCUT2D eigenvalue weighted by molar-refractivity contribution is -0.137. The average Bonchev–Trinajstić information content (AvgIpc) is 2.81. The Bertz CT molecular complexity index is 319. The molecule has 0 amide bonds. The van der Waals surface area contributed by atoms with Crippen molar-refractivity contribution in [2.24, 2.45) is 11.7 Å². The van der Waals surface area contributed by atoms with Crippen LogP contribution in [0.25, 0.3) is 0 Å². The maximum Gasteiger partial charge on any atom is 0.389 e. The third-order valence-corrected chi connectivity index (χ3v) is 5.32. The van der Waals surface area contributed by atoms with E-state index in [0.29, 0.717) is 19.0 Å². The lowest BCUT2D eigenvalue weighted by Crippen LogP contribution is -2.54. The third kappa shape index (κ3) is 3.67. The van der Waals surface area contributed by atoms with Crippen molar-refractivity contribution in [3.8, 4) is 0 Å². The molecule has 3 atom stereocenters. The van der Waals surface area contributed by atoms with Crippen molar-refractivity contribution in [3.63, 3.8) is 0 Å². The van der Waals surface area contributed by atoms with E-state index in [1.54, 1.807) is 0 Å². The fourth-order valence-electron chi connectivity index (χ4n) is 4.11. The number of rotatable bonds is 5. The number of nitrogens with zero attached hydrogens (tertiary/aromatic N) is 1. The second kappa shape index (κ2) is 6.22. The van der Waals surface area contributed by atoms with Gasteiger partial charge in [-0.1, -0.05) is 12.8 Å². The highest BCUT2D eigenvalue weighted by Crippen LogP contribution is 2.41. The van der Waals surface area contributed by atoms with Crippen LogP contribution in [0.4, 0.5) is 13.2 Å². The molecule has 2 N–H and O–H groups in total. The quantitative estimate of drug-likeness (QED) is 0.837. The van der Waals surface area contributed by atoms with Crippen LogP contribution in [-0.2, 0) is 0 Å². The minimum atomic E-state index is -4.05. The summed E-state index contributed by atoms with van der Waals surface area (Å²) in [5.74, 6) is 0.747. The first-order valence-corrected chi connectivity index (χ1v) is 7.89. The van der Waals surface area contributed by atoms with Gasteiger partial charge in [0, 0.05) is 24.5 Å². The molecule has 0 radical (unpaired) electrons. The van der Waals surface area contributed by atoms with Crippen LogP contribution < -0.4 is 5.73 Å². The van der Waals surface area contributed by atoms with Crippen molar-refractivity contribution in [1.29, 1.82) is 0 Å². The molecule has 2 rings (SSSR count). The molecule has 2 aliphatic rings. The number of likely N-dealkylation sites (tertiary alicyclic amines) is 1. The lowest BCUT2D eigenvalue weighted by atomic mass is 9.83. The van der Waals surface area contributed by atoms with E-state index in [4.69, 9.17) is 5.73 Å². The molecule has 1 heterocycles. The Morgan fingerprint density at radius 2 is 1.80 bits per heavy atom. The van der Waals surface area contributed by atoms with E-state index in [0.717, 1.165) is 12.5 Å². The molecule has 2 nitrogen and oxygen atoms in total. The molecule has 1 aliphatic heterocycles. The smallest absolute Gasteiger partial charge is 0.329 e. The first kappa shape index (κ1) is 16.1. The van der Waals surface area contributed by atoms with Crippen molar-refractivity contribution in [2.45, 2.75) is 76.0 Å². The molecule has 118 valence electrons. The van der Waals surface area contributed by atoms with E-state index in [1.807, 2.05) is 0 Å². The van der Waals surface area contributed by atoms with Crippen LogP contribution in [0.1, 0.15) is 58.3 Å². The molecule has 0 bridgehead atoms. The fourth-order valence-corrected chi connectivity index (χ4v) is 4.11. The number of hydrogen-bond acceptors (Lipinski definition) is 2. The van der Waals surface area contributed by atoms with E-state index >= 15 is 0 Å². The van der Waals surface area contributed by atoms with Crippen molar-refractivity contribution in [2.75, 3.05) is 13.1 Å². The van der Waals surface area contributed by atoms with Crippen LogP contribution in [0.5, 0.6) is 0 Å². The van der Waals surface area contributed by atoms with Gasteiger partial charge < -0.3 is 5.73 Å². The molecule has 1 saturated heterocycles. The van der Waals surface area contributed by atoms with Gasteiger partial charge in [-0.3, -0.25) is 4.90 Å². The number of halogens is 3. The predicted octanol–water partition coefficient (Wildman–Crippen LogP) is 3.70. The van der Waals surface area contributed by atoms with Gasteiger partial charge >= 0.3 is 6.18 Å². The normalized spacial score (nSPS) is 31.1. The van der Waals surface area contributed by atoms with E-state index in [-0.39, 0.29) is 12.0 Å². The molecule has 1 aliphatic carbocycles. The summed E-state index contributed by atoms with van der Waals surface area (Å²) >= 11 is 0. The van der Waals surface area contributed by atoms with Gasteiger partial charge in [0.15, 0.2) is 0 Å². The molecule has 2 fully saturated rings. The highest BCUT2D eigenvalue weighted by molar-refractivity contribution is 4.99. The lowest BCUT2D eigenvalue weighted by Gasteiger charge is -2.44. The average molecular weight is 292 g/mol. The van der Waals surface area contributed by atoms with Gasteiger partial charge in [0.2, 0.25) is 0 Å². The maximum atomic E-state index is 12.3. The Kier molecular flexibility index (Phi) is 5.00. The molecule has 0 spiro atoms. The van der Waals surface area contributed by atoms with E-state index < -0.39 is 12.6 Å². The van der Waals surface area contributed by atoms with Gasteiger partial charge in [0.25, 0.3) is 0 Å². The zero-order valence-electron chi connectivity index (χ0n) is 12.4. The molecule has 1 saturated carbocycles. The summed E-state index contributed by atoms with van der Waals surface area (Å²) in [6.07, 6.45) is 2.22. The zero-order valence-corrected chi connectivity index (χ0v) is 12.4. The Morgan fingerprint density at radius 3 is 2.45 bits per heavy atom. The number of alkyl halides is 3. The van der Waals surface area contributed by atoms with Crippen molar-refractivity contribution in [1.82, 2.24) is 4.90 Å². The van der Waals surface area contributed by atoms with Gasteiger partial charge in [-0.2, -0.15) is 13.2 Å². The molecule has 0 aromatic heterocycles. The first-order valence-electron chi connectivity index (χ1n) is 7.89. The Balaban J connectivity index is 1.95. The molecule has 5 heteroatoms. The fraction of sp³-hybridized carbons (Fsp3) is 1.00. The standard InChI is InChI=1S/C15H27F3N2/c1-14(11-19,8-4-9-15(16,17)18)20-10-7-12-5-2-3-6-13(12)20/h12-13H,2-11,19H2,1H3. The first-order chi connectivity index (χ1) is 9.36. The Labute approximate surface area is 119 Å². The molecular weight excluding hydrogens is 265 g/mol. The second-order valence-corrected chi connectivity index (χ2v) is 6.76. The summed E-state index contributed by atoms with van der Waals surface area (Å²) in [6.45, 7) is 3.52. The number of hydrogen-bond donors (Lipinski definition) is 1. The van der Waals surface area contributed by atoms with E-state index in [1.165, 1.54) is 32.1 Å². The van der Waals surface area contributed by atoms with Crippen molar-refractivity contribution < 1.29 is 13.2 Å². The van der Waals surface area contributed by atoms with Crippen LogP contribution in [0.15, 0.2) is 0 Å². The summed E-state index contributed by atoms with van der Waals surface area (Å²) < 4.78 is 37.0. The SMILES string of the molecule is CC(CN)(CCCC(F)(F)F)N1CCC2CCCCC21. The third-order valence-electron chi connectivity index (χ3n) is 5.32. The molecular formula is C15H27F3N2. The summed E-state index contributed by atoms with van der Waals surface area (Å²) in [7, 11) is 0. The van der Waals surface area contributed by atoms with E-state index in [2.05, 4.69) is 11.8 Å². The van der Waals surface area contributed by atoms with Crippen LogP contribution in [0, 0.1) is 5.92 Å². The van der Waals surface area contributed by atoms with Crippen molar-refractivity contribution >= 4 is 0 Å². The monoisotopic (exact) mass is 292 g/mol. The Hall–Kier alpha value is -0.290. The highest BCUT2D eigenvalue weighted by Gasteiger charge is 2.43. The van der Waals surface area contributed by atoms with Crippen LogP contribution in [-0.4, -0.2) is 35.7 Å². The van der Waals surface area contributed by atoms with E-state index in [9.17, 15) is 13.2 Å². The molecule has 0 aromatic rings. The van der Waals surface area contributed by atoms with Crippen LogP contribution in [0.2, 0.25) is 0 Å². The summed E-state index contributed by atoms with van der Waals surface area (Å²) in [6, 6.07) is 0.559. The predicted molar refractivity (Wildman–Crippen MR) is 74.4 cm³/mol. The van der Waals surface area contributed by atoms with Gasteiger partial charge in [-0.25, -0.2) is 0 Å². The second-order valence-electron chi connectivity index (χ2n) is 6.76. The number of fused-ring (bicyclic) bond motifs is 1. The molecule has 3 unspecified atom stereocenters. The van der Waals surface area contributed by atoms with Gasteiger partial charge in [0.05, 0.1) is 0 Å².